The Balaban J connectivity index is 2.41. The molecule has 4 heteroatoms. The van der Waals surface area contributed by atoms with Gasteiger partial charge in [-0.05, 0) is 11.8 Å². The van der Waals surface area contributed by atoms with E-state index in [0.29, 0.717) is 5.69 Å². The normalized spacial score (nSPS) is 11.5. The van der Waals surface area contributed by atoms with E-state index >= 15 is 0 Å². The van der Waals surface area contributed by atoms with Gasteiger partial charge in [0.1, 0.15) is 6.33 Å². The SMILES string of the molecule is CCCCCC(C)(C)CNc1ncncc1N. The Morgan fingerprint density at radius 3 is 2.76 bits per heavy atom. The zero-order valence-corrected chi connectivity index (χ0v) is 11.2. The second-order valence-corrected chi connectivity index (χ2v) is 5.30. The van der Waals surface area contributed by atoms with Gasteiger partial charge < -0.3 is 11.1 Å². The van der Waals surface area contributed by atoms with Crippen LogP contribution in [0.25, 0.3) is 0 Å². The molecule has 17 heavy (non-hydrogen) atoms. The minimum Gasteiger partial charge on any atom is -0.394 e. The standard InChI is InChI=1S/C13H24N4/c1-4-5-6-7-13(2,3)9-16-12-11(14)8-15-10-17-12/h8,10H,4-7,9,14H2,1-3H3,(H,15,16,17). The summed E-state index contributed by atoms with van der Waals surface area (Å²) < 4.78 is 0. The summed E-state index contributed by atoms with van der Waals surface area (Å²) in [5, 5.41) is 3.30. The van der Waals surface area contributed by atoms with E-state index in [0.717, 1.165) is 12.4 Å². The molecule has 1 aromatic rings. The molecule has 0 aliphatic heterocycles. The number of nitrogens with one attached hydrogen (secondary N) is 1. The van der Waals surface area contributed by atoms with E-state index < -0.39 is 0 Å². The number of aromatic nitrogens is 2. The van der Waals surface area contributed by atoms with Crippen LogP contribution in [0.4, 0.5) is 11.5 Å². The molecule has 1 aromatic heterocycles. The van der Waals surface area contributed by atoms with Crippen LogP contribution in [0.2, 0.25) is 0 Å². The van der Waals surface area contributed by atoms with Crippen molar-refractivity contribution in [2.75, 3.05) is 17.6 Å². The summed E-state index contributed by atoms with van der Waals surface area (Å²) in [6, 6.07) is 0. The Labute approximate surface area is 104 Å². The van der Waals surface area contributed by atoms with Crippen LogP contribution < -0.4 is 11.1 Å². The van der Waals surface area contributed by atoms with E-state index in [4.69, 9.17) is 5.73 Å². The zero-order valence-electron chi connectivity index (χ0n) is 11.2. The molecular weight excluding hydrogens is 212 g/mol. The van der Waals surface area contributed by atoms with Crippen LogP contribution in [0.5, 0.6) is 0 Å². The lowest BCUT2D eigenvalue weighted by Gasteiger charge is -2.25. The fourth-order valence-corrected chi connectivity index (χ4v) is 1.75. The lowest BCUT2D eigenvalue weighted by molar-refractivity contribution is 0.342. The maximum absolute atomic E-state index is 5.78. The number of unbranched alkanes of at least 4 members (excludes halogenated alkanes) is 2. The molecular formula is C13H24N4. The number of hydrogen-bond acceptors (Lipinski definition) is 4. The highest BCUT2D eigenvalue weighted by atomic mass is 15.0. The molecule has 0 amide bonds. The number of hydrogen-bond donors (Lipinski definition) is 2. The van der Waals surface area contributed by atoms with Gasteiger partial charge in [0, 0.05) is 6.54 Å². The molecule has 96 valence electrons. The van der Waals surface area contributed by atoms with Crippen LogP contribution in [0, 0.1) is 5.41 Å². The lowest BCUT2D eigenvalue weighted by Crippen LogP contribution is -2.23. The summed E-state index contributed by atoms with van der Waals surface area (Å²) in [7, 11) is 0. The van der Waals surface area contributed by atoms with Crippen molar-refractivity contribution in [2.24, 2.45) is 5.41 Å². The molecule has 0 aromatic carbocycles. The van der Waals surface area contributed by atoms with Gasteiger partial charge in [0.2, 0.25) is 0 Å². The van der Waals surface area contributed by atoms with Crippen LogP contribution in [0.15, 0.2) is 12.5 Å². The van der Waals surface area contributed by atoms with Crippen molar-refractivity contribution >= 4 is 11.5 Å². The molecule has 4 nitrogen and oxygen atoms in total. The Hall–Kier alpha value is -1.32. The van der Waals surface area contributed by atoms with E-state index in [9.17, 15) is 0 Å². The van der Waals surface area contributed by atoms with Crippen molar-refractivity contribution in [1.82, 2.24) is 9.97 Å². The summed E-state index contributed by atoms with van der Waals surface area (Å²) >= 11 is 0. The van der Waals surface area contributed by atoms with Gasteiger partial charge in [-0.25, -0.2) is 9.97 Å². The topological polar surface area (TPSA) is 63.8 Å². The molecule has 0 spiro atoms. The summed E-state index contributed by atoms with van der Waals surface area (Å²) in [5.41, 5.74) is 6.66. The number of anilines is 2. The summed E-state index contributed by atoms with van der Waals surface area (Å²) in [5.74, 6) is 0.739. The van der Waals surface area contributed by atoms with E-state index in [2.05, 4.69) is 36.1 Å². The van der Waals surface area contributed by atoms with E-state index in [1.165, 1.54) is 32.0 Å². The van der Waals surface area contributed by atoms with E-state index in [1.807, 2.05) is 0 Å². The molecule has 1 heterocycles. The number of nitrogens with two attached hydrogens (primary N) is 1. The Kier molecular flexibility index (Phi) is 5.19. The van der Waals surface area contributed by atoms with Crippen LogP contribution in [0.3, 0.4) is 0 Å². The predicted octanol–water partition coefficient (Wildman–Crippen LogP) is 3.08. The number of rotatable bonds is 7. The molecule has 0 unspecified atom stereocenters. The second kappa shape index (κ2) is 6.42. The van der Waals surface area contributed by atoms with Crippen molar-refractivity contribution in [3.8, 4) is 0 Å². The quantitative estimate of drug-likeness (QED) is 0.714. The largest absolute Gasteiger partial charge is 0.394 e. The van der Waals surface area contributed by atoms with Gasteiger partial charge in [-0.1, -0.05) is 40.0 Å². The Bertz CT molecular complexity index is 336. The average Bonchev–Trinajstić information content (AvgIpc) is 2.28. The summed E-state index contributed by atoms with van der Waals surface area (Å²) in [6.07, 6.45) is 8.22. The summed E-state index contributed by atoms with van der Waals surface area (Å²) in [6.45, 7) is 7.66. The second-order valence-electron chi connectivity index (χ2n) is 5.30. The minimum absolute atomic E-state index is 0.270. The smallest absolute Gasteiger partial charge is 0.152 e. The highest BCUT2D eigenvalue weighted by Gasteiger charge is 2.17. The molecule has 3 N–H and O–H groups in total. The fourth-order valence-electron chi connectivity index (χ4n) is 1.75. The van der Waals surface area contributed by atoms with Gasteiger partial charge in [0.25, 0.3) is 0 Å². The first-order valence-electron chi connectivity index (χ1n) is 6.34. The molecule has 1 rings (SSSR count). The first kappa shape index (κ1) is 13.7. The van der Waals surface area contributed by atoms with E-state index in [-0.39, 0.29) is 5.41 Å². The third-order valence-corrected chi connectivity index (χ3v) is 2.93. The minimum atomic E-state index is 0.270. The fraction of sp³-hybridized carbons (Fsp3) is 0.692. The first-order valence-corrected chi connectivity index (χ1v) is 6.34. The van der Waals surface area contributed by atoms with Gasteiger partial charge in [0.15, 0.2) is 5.82 Å². The maximum atomic E-state index is 5.78. The molecule has 0 bridgehead atoms. The first-order chi connectivity index (χ1) is 8.05. The third-order valence-electron chi connectivity index (χ3n) is 2.93. The van der Waals surface area contributed by atoms with Crippen LogP contribution >= 0.6 is 0 Å². The molecule has 0 saturated carbocycles. The predicted molar refractivity (Wildman–Crippen MR) is 72.9 cm³/mol. The molecule has 0 saturated heterocycles. The molecule has 0 aliphatic rings. The van der Waals surface area contributed by atoms with Gasteiger partial charge in [0.05, 0.1) is 11.9 Å². The van der Waals surface area contributed by atoms with Crippen LogP contribution in [-0.4, -0.2) is 16.5 Å². The average molecular weight is 236 g/mol. The molecule has 0 fully saturated rings. The highest BCUT2D eigenvalue weighted by Crippen LogP contribution is 2.24. The number of nitrogen functional groups attached to an aromatic ring is 1. The Morgan fingerprint density at radius 1 is 1.35 bits per heavy atom. The highest BCUT2D eigenvalue weighted by molar-refractivity contribution is 5.58. The van der Waals surface area contributed by atoms with Gasteiger partial charge in [-0.3, -0.25) is 0 Å². The number of nitrogens with zero attached hydrogens (tertiary/aromatic N) is 2. The van der Waals surface area contributed by atoms with Crippen LogP contribution in [-0.2, 0) is 0 Å². The molecule has 0 radical (unpaired) electrons. The van der Waals surface area contributed by atoms with Gasteiger partial charge in [-0.2, -0.15) is 0 Å². The van der Waals surface area contributed by atoms with Crippen molar-refractivity contribution in [1.29, 1.82) is 0 Å². The summed E-state index contributed by atoms with van der Waals surface area (Å²) in [4.78, 5) is 8.00. The maximum Gasteiger partial charge on any atom is 0.152 e. The Morgan fingerprint density at radius 2 is 2.12 bits per heavy atom. The monoisotopic (exact) mass is 236 g/mol. The van der Waals surface area contributed by atoms with Gasteiger partial charge in [-0.15, -0.1) is 0 Å². The van der Waals surface area contributed by atoms with Crippen molar-refractivity contribution in [3.05, 3.63) is 12.5 Å². The van der Waals surface area contributed by atoms with Crippen LogP contribution in [0.1, 0.15) is 46.5 Å². The van der Waals surface area contributed by atoms with Crippen molar-refractivity contribution < 1.29 is 0 Å². The molecule has 0 atom stereocenters. The van der Waals surface area contributed by atoms with E-state index in [1.54, 1.807) is 6.20 Å². The van der Waals surface area contributed by atoms with Gasteiger partial charge >= 0.3 is 0 Å². The lowest BCUT2D eigenvalue weighted by atomic mass is 9.87. The molecule has 0 aliphatic carbocycles. The van der Waals surface area contributed by atoms with Crippen molar-refractivity contribution in [2.45, 2.75) is 46.5 Å². The van der Waals surface area contributed by atoms with Crippen molar-refractivity contribution in [3.63, 3.8) is 0 Å². The third kappa shape index (κ3) is 5.02. The zero-order chi connectivity index (χ0) is 12.7.